The van der Waals surface area contributed by atoms with E-state index in [1.165, 1.54) is 6.20 Å². The molecule has 0 aliphatic rings. The highest BCUT2D eigenvalue weighted by Crippen LogP contribution is 2.33. The van der Waals surface area contributed by atoms with Crippen LogP contribution in [0.25, 0.3) is 0 Å². The molecule has 2 nitrogen and oxygen atoms in total. The molecule has 0 radical (unpaired) electrons. The third-order valence-electron chi connectivity index (χ3n) is 2.74. The third-order valence-corrected chi connectivity index (χ3v) is 3.06. The highest BCUT2D eigenvalue weighted by atomic mass is 35.5. The van der Waals surface area contributed by atoms with E-state index >= 15 is 0 Å². The molecule has 0 saturated carbocycles. The second-order valence-corrected chi connectivity index (χ2v) is 4.49. The molecule has 0 aliphatic carbocycles. The number of nitrogens with zero attached hydrogens (tertiary/aromatic N) is 1. The van der Waals surface area contributed by atoms with Gasteiger partial charge in [-0.15, -0.1) is 0 Å². The molecule has 1 aromatic heterocycles. The second-order valence-electron chi connectivity index (χ2n) is 4.09. The van der Waals surface area contributed by atoms with E-state index in [0.717, 1.165) is 12.1 Å². The number of hydrogen-bond acceptors (Lipinski definition) is 2. The van der Waals surface area contributed by atoms with Crippen molar-refractivity contribution in [3.05, 3.63) is 64.2 Å². The quantitative estimate of drug-likeness (QED) is 0.854. The van der Waals surface area contributed by atoms with E-state index in [1.54, 1.807) is 12.1 Å². The molecule has 0 spiro atoms. The lowest BCUT2D eigenvalue weighted by Gasteiger charge is -2.15. The van der Waals surface area contributed by atoms with Gasteiger partial charge >= 0.3 is 6.18 Å². The van der Waals surface area contributed by atoms with Crippen LogP contribution in [0.1, 0.15) is 22.9 Å². The number of halogens is 5. The topological polar surface area (TPSA) is 38.9 Å². The Kier molecular flexibility index (Phi) is 3.96. The van der Waals surface area contributed by atoms with E-state index in [4.69, 9.17) is 17.3 Å². The maximum atomic E-state index is 13.5. The summed E-state index contributed by atoms with van der Waals surface area (Å²) in [6.45, 7) is 0. The predicted octanol–water partition coefficient (Wildman–Crippen LogP) is 3.94. The Hall–Kier alpha value is -1.66. The Balaban J connectivity index is 2.40. The number of alkyl halides is 3. The number of rotatable bonds is 2. The van der Waals surface area contributed by atoms with Crippen LogP contribution >= 0.6 is 11.6 Å². The Bertz CT molecular complexity index is 628. The van der Waals surface area contributed by atoms with E-state index in [9.17, 15) is 17.6 Å². The Morgan fingerprint density at radius 1 is 1.20 bits per heavy atom. The molecular weight excluding hydrogens is 296 g/mol. The van der Waals surface area contributed by atoms with Crippen LogP contribution in [0.4, 0.5) is 17.6 Å². The Morgan fingerprint density at radius 3 is 2.45 bits per heavy atom. The number of aromatic nitrogens is 1. The van der Waals surface area contributed by atoms with Crippen LogP contribution in [0.2, 0.25) is 5.02 Å². The summed E-state index contributed by atoms with van der Waals surface area (Å²) in [6, 6.07) is 4.75. The zero-order valence-corrected chi connectivity index (χ0v) is 10.7. The first-order valence-corrected chi connectivity index (χ1v) is 5.91. The molecule has 106 valence electrons. The van der Waals surface area contributed by atoms with Gasteiger partial charge in [-0.1, -0.05) is 17.7 Å². The molecule has 0 saturated heterocycles. The highest BCUT2D eigenvalue weighted by Gasteiger charge is 2.34. The van der Waals surface area contributed by atoms with Crippen molar-refractivity contribution in [2.24, 2.45) is 5.73 Å². The molecular formula is C13H9ClF4N2. The third kappa shape index (κ3) is 2.91. The van der Waals surface area contributed by atoms with Crippen molar-refractivity contribution in [2.75, 3.05) is 0 Å². The summed E-state index contributed by atoms with van der Waals surface area (Å²) in [5.41, 5.74) is 4.95. The number of benzene rings is 1. The van der Waals surface area contributed by atoms with Crippen molar-refractivity contribution >= 4 is 11.6 Å². The normalized spacial score (nSPS) is 13.3. The fourth-order valence-electron chi connectivity index (χ4n) is 1.74. The molecule has 2 rings (SSSR count). The molecule has 1 aromatic carbocycles. The van der Waals surface area contributed by atoms with Crippen LogP contribution in [0, 0.1) is 5.82 Å². The van der Waals surface area contributed by atoms with Crippen LogP contribution in [0.15, 0.2) is 36.5 Å². The van der Waals surface area contributed by atoms with E-state index < -0.39 is 23.6 Å². The fraction of sp³-hybridized carbons (Fsp3) is 0.154. The van der Waals surface area contributed by atoms with Gasteiger partial charge in [-0.05, 0) is 29.8 Å². The lowest BCUT2D eigenvalue weighted by Crippen LogP contribution is -2.16. The van der Waals surface area contributed by atoms with E-state index in [-0.39, 0.29) is 16.3 Å². The van der Waals surface area contributed by atoms with Crippen molar-refractivity contribution in [1.82, 2.24) is 4.98 Å². The average Bonchev–Trinajstić information content (AvgIpc) is 2.37. The lowest BCUT2D eigenvalue weighted by molar-refractivity contribution is -0.140. The van der Waals surface area contributed by atoms with Crippen molar-refractivity contribution in [2.45, 2.75) is 12.2 Å². The van der Waals surface area contributed by atoms with Crippen LogP contribution in [-0.2, 0) is 6.18 Å². The Labute approximate surface area is 117 Å². The molecule has 1 unspecified atom stereocenters. The van der Waals surface area contributed by atoms with Crippen molar-refractivity contribution in [3.63, 3.8) is 0 Å². The van der Waals surface area contributed by atoms with Crippen molar-refractivity contribution in [1.29, 1.82) is 0 Å². The van der Waals surface area contributed by atoms with Gasteiger partial charge in [-0.25, -0.2) is 4.39 Å². The van der Waals surface area contributed by atoms with E-state index in [0.29, 0.717) is 6.07 Å². The molecule has 7 heteroatoms. The molecule has 2 aromatic rings. The molecule has 20 heavy (non-hydrogen) atoms. The summed E-state index contributed by atoms with van der Waals surface area (Å²) in [6.07, 6.45) is -3.29. The minimum atomic E-state index is -4.74. The summed E-state index contributed by atoms with van der Waals surface area (Å²) in [7, 11) is 0. The maximum Gasteiger partial charge on any atom is 0.419 e. The molecule has 1 heterocycles. The minimum absolute atomic E-state index is 0.163. The van der Waals surface area contributed by atoms with Gasteiger partial charge in [-0.2, -0.15) is 13.2 Å². The summed E-state index contributed by atoms with van der Waals surface area (Å²) in [5, 5.41) is 0.264. The number of hydrogen-bond donors (Lipinski definition) is 1. The molecule has 2 N–H and O–H groups in total. The predicted molar refractivity (Wildman–Crippen MR) is 66.7 cm³/mol. The van der Waals surface area contributed by atoms with Gasteiger partial charge in [0.15, 0.2) is 0 Å². The van der Waals surface area contributed by atoms with Crippen LogP contribution < -0.4 is 5.73 Å². The van der Waals surface area contributed by atoms with E-state index in [1.807, 2.05) is 0 Å². The monoisotopic (exact) mass is 304 g/mol. The van der Waals surface area contributed by atoms with Crippen molar-refractivity contribution < 1.29 is 17.6 Å². The van der Waals surface area contributed by atoms with Crippen molar-refractivity contribution in [3.8, 4) is 0 Å². The smallest absolute Gasteiger partial charge is 0.319 e. The summed E-state index contributed by atoms with van der Waals surface area (Å²) in [4.78, 5) is 3.95. The zero-order valence-electron chi connectivity index (χ0n) is 9.96. The molecule has 0 aliphatic heterocycles. The van der Waals surface area contributed by atoms with Crippen LogP contribution in [0.5, 0.6) is 0 Å². The molecule has 0 amide bonds. The maximum absolute atomic E-state index is 13.5. The average molecular weight is 305 g/mol. The molecule has 0 fully saturated rings. The van der Waals surface area contributed by atoms with Gasteiger partial charge in [0, 0.05) is 6.20 Å². The van der Waals surface area contributed by atoms with Crippen LogP contribution in [0.3, 0.4) is 0 Å². The van der Waals surface area contributed by atoms with E-state index in [2.05, 4.69) is 4.98 Å². The standard InChI is InChI=1S/C13H9ClF4N2/c14-9-2-1-5-20-12(9)11(19)7-3-4-8(10(15)6-7)13(16,17)18/h1-6,11H,19H2. The summed E-state index contributed by atoms with van der Waals surface area (Å²) < 4.78 is 50.9. The van der Waals surface area contributed by atoms with Gasteiger partial charge in [-0.3, -0.25) is 4.98 Å². The first-order valence-electron chi connectivity index (χ1n) is 5.53. The zero-order chi connectivity index (χ0) is 14.9. The second kappa shape index (κ2) is 5.38. The lowest BCUT2D eigenvalue weighted by atomic mass is 10.0. The highest BCUT2D eigenvalue weighted by molar-refractivity contribution is 6.31. The van der Waals surface area contributed by atoms with Gasteiger partial charge in [0.25, 0.3) is 0 Å². The molecule has 1 atom stereocenters. The summed E-state index contributed by atoms with van der Waals surface area (Å²) >= 11 is 5.90. The largest absolute Gasteiger partial charge is 0.419 e. The number of nitrogens with two attached hydrogens (primary N) is 1. The van der Waals surface area contributed by atoms with Gasteiger partial charge in [0.2, 0.25) is 0 Å². The minimum Gasteiger partial charge on any atom is -0.319 e. The fourth-order valence-corrected chi connectivity index (χ4v) is 1.98. The molecule has 0 bridgehead atoms. The van der Waals surface area contributed by atoms with Gasteiger partial charge < -0.3 is 5.73 Å². The SMILES string of the molecule is NC(c1ccc(C(F)(F)F)c(F)c1)c1ncccc1Cl. The van der Waals surface area contributed by atoms with Gasteiger partial charge in [0.05, 0.1) is 22.3 Å². The Morgan fingerprint density at radius 2 is 1.90 bits per heavy atom. The van der Waals surface area contributed by atoms with Crippen LogP contribution in [-0.4, -0.2) is 4.98 Å². The number of pyridine rings is 1. The summed E-state index contributed by atoms with van der Waals surface area (Å²) in [5.74, 6) is -1.38. The first-order chi connectivity index (χ1) is 9.30. The van der Waals surface area contributed by atoms with Gasteiger partial charge in [0.1, 0.15) is 5.82 Å². The first kappa shape index (κ1) is 14.7.